The number of nitrogens with two attached hydrogens (primary N) is 1. The summed E-state index contributed by atoms with van der Waals surface area (Å²) >= 11 is 1.06. The minimum absolute atomic E-state index is 0.221. The third-order valence-corrected chi connectivity index (χ3v) is 2.13. The molecule has 0 spiro atoms. The molecular formula is C9H11NO2S. The lowest BCUT2D eigenvalue weighted by Crippen LogP contribution is -1.94. The van der Waals surface area contributed by atoms with Gasteiger partial charge < -0.3 is 9.92 Å². The molecule has 70 valence electrons. The molecule has 0 atom stereocenters. The zero-order valence-electron chi connectivity index (χ0n) is 7.32. The molecular weight excluding hydrogens is 186 g/mol. The largest absolute Gasteiger partial charge is 0.399 e. The van der Waals surface area contributed by atoms with Crippen LogP contribution in [0.3, 0.4) is 0 Å². The number of benzene rings is 1. The zero-order valence-corrected chi connectivity index (χ0v) is 8.14. The lowest BCUT2D eigenvalue weighted by molar-refractivity contribution is -0.132. The van der Waals surface area contributed by atoms with Crippen molar-refractivity contribution < 1.29 is 8.98 Å². The molecule has 2 N–H and O–H groups in total. The molecule has 0 bridgehead atoms. The van der Waals surface area contributed by atoms with E-state index >= 15 is 0 Å². The molecule has 1 rings (SSSR count). The number of rotatable bonds is 3. The molecule has 0 fully saturated rings. The minimum atomic E-state index is -0.221. The molecule has 1 aromatic carbocycles. The normalized spacial score (nSPS) is 9.62. The molecule has 0 amide bonds. The van der Waals surface area contributed by atoms with Crippen molar-refractivity contribution in [3.05, 3.63) is 24.3 Å². The van der Waals surface area contributed by atoms with Crippen LogP contribution in [0, 0.1) is 0 Å². The van der Waals surface area contributed by atoms with Gasteiger partial charge >= 0.3 is 5.97 Å². The van der Waals surface area contributed by atoms with Crippen molar-refractivity contribution in [1.29, 1.82) is 0 Å². The van der Waals surface area contributed by atoms with Crippen LogP contribution in [0.25, 0.3) is 0 Å². The first-order valence-corrected chi connectivity index (χ1v) is 4.69. The van der Waals surface area contributed by atoms with Crippen LogP contribution < -0.4 is 5.73 Å². The highest BCUT2D eigenvalue weighted by Gasteiger charge is 2.00. The van der Waals surface area contributed by atoms with Crippen LogP contribution in [-0.4, -0.2) is 5.97 Å². The quantitative estimate of drug-likeness (QED) is 0.596. The first kappa shape index (κ1) is 9.92. The summed E-state index contributed by atoms with van der Waals surface area (Å²) in [5.74, 6) is -0.221. The monoisotopic (exact) mass is 197 g/mol. The molecule has 0 radical (unpaired) electrons. The van der Waals surface area contributed by atoms with Crippen LogP contribution in [0.15, 0.2) is 29.2 Å². The zero-order chi connectivity index (χ0) is 9.68. The summed E-state index contributed by atoms with van der Waals surface area (Å²) in [5.41, 5.74) is 6.19. The van der Waals surface area contributed by atoms with Crippen LogP contribution in [-0.2, 0) is 8.98 Å². The van der Waals surface area contributed by atoms with Gasteiger partial charge in [-0.2, -0.15) is 0 Å². The lowest BCUT2D eigenvalue weighted by atomic mass is 10.3. The molecule has 0 aliphatic rings. The number of anilines is 1. The van der Waals surface area contributed by atoms with Gasteiger partial charge in [0, 0.05) is 17.0 Å². The summed E-state index contributed by atoms with van der Waals surface area (Å²) in [6.07, 6.45) is 0.391. The predicted molar refractivity (Wildman–Crippen MR) is 53.1 cm³/mol. The maximum Gasteiger partial charge on any atom is 0.317 e. The molecule has 1 aromatic rings. The van der Waals surface area contributed by atoms with Crippen LogP contribution in [0.2, 0.25) is 0 Å². The Balaban J connectivity index is 2.46. The molecule has 0 unspecified atom stereocenters. The average molecular weight is 197 g/mol. The van der Waals surface area contributed by atoms with Crippen LogP contribution in [0.5, 0.6) is 0 Å². The van der Waals surface area contributed by atoms with Crippen molar-refractivity contribution in [3.63, 3.8) is 0 Å². The summed E-state index contributed by atoms with van der Waals surface area (Å²) in [7, 11) is 0. The third-order valence-electron chi connectivity index (χ3n) is 1.40. The highest BCUT2D eigenvalue weighted by atomic mass is 32.2. The van der Waals surface area contributed by atoms with Crippen molar-refractivity contribution in [2.75, 3.05) is 5.73 Å². The Bertz CT molecular complexity index is 284. The van der Waals surface area contributed by atoms with Gasteiger partial charge in [-0.05, 0) is 24.3 Å². The number of hydrogen-bond donors (Lipinski definition) is 1. The number of nitrogen functional groups attached to an aromatic ring is 1. The van der Waals surface area contributed by atoms with E-state index in [1.165, 1.54) is 0 Å². The number of carbonyl (C=O) groups excluding carboxylic acids is 1. The Hall–Kier alpha value is -1.16. The molecule has 0 saturated carbocycles. The Kier molecular flexibility index (Phi) is 3.64. The second kappa shape index (κ2) is 4.77. The van der Waals surface area contributed by atoms with E-state index in [2.05, 4.69) is 0 Å². The van der Waals surface area contributed by atoms with E-state index in [1.54, 1.807) is 19.1 Å². The van der Waals surface area contributed by atoms with Gasteiger partial charge in [0.1, 0.15) is 0 Å². The standard InChI is InChI=1S/C9H11NO2S/c1-2-9(11)12-13-8-5-3-7(10)4-6-8/h3-6H,2,10H2,1H3. The van der Waals surface area contributed by atoms with Gasteiger partial charge in [-0.15, -0.1) is 0 Å². The smallest absolute Gasteiger partial charge is 0.317 e. The molecule has 3 nitrogen and oxygen atoms in total. The van der Waals surface area contributed by atoms with E-state index in [4.69, 9.17) is 9.92 Å². The highest BCUT2D eigenvalue weighted by Crippen LogP contribution is 2.20. The third kappa shape index (κ3) is 3.38. The summed E-state index contributed by atoms with van der Waals surface area (Å²) in [6.45, 7) is 1.76. The average Bonchev–Trinajstić information content (AvgIpc) is 2.16. The van der Waals surface area contributed by atoms with E-state index in [9.17, 15) is 4.79 Å². The van der Waals surface area contributed by atoms with Crippen molar-refractivity contribution in [2.45, 2.75) is 18.2 Å². The van der Waals surface area contributed by atoms with Crippen molar-refractivity contribution in [3.8, 4) is 0 Å². The van der Waals surface area contributed by atoms with Gasteiger partial charge in [0.15, 0.2) is 0 Å². The maximum atomic E-state index is 10.8. The van der Waals surface area contributed by atoms with Crippen molar-refractivity contribution in [1.82, 2.24) is 0 Å². The second-order valence-corrected chi connectivity index (χ2v) is 3.27. The molecule has 0 aliphatic heterocycles. The van der Waals surface area contributed by atoms with E-state index < -0.39 is 0 Å². The Morgan fingerprint density at radius 3 is 2.62 bits per heavy atom. The van der Waals surface area contributed by atoms with Crippen LogP contribution >= 0.6 is 12.0 Å². The fourth-order valence-corrected chi connectivity index (χ4v) is 1.23. The van der Waals surface area contributed by atoms with E-state index in [-0.39, 0.29) is 5.97 Å². The molecule has 4 heteroatoms. The topological polar surface area (TPSA) is 52.3 Å². The fourth-order valence-electron chi connectivity index (χ4n) is 0.677. The summed E-state index contributed by atoms with van der Waals surface area (Å²) in [5, 5.41) is 0. The SMILES string of the molecule is CCC(=O)OSc1ccc(N)cc1. The van der Waals surface area contributed by atoms with Gasteiger partial charge in [0.2, 0.25) is 0 Å². The van der Waals surface area contributed by atoms with Gasteiger partial charge in [0.25, 0.3) is 0 Å². The minimum Gasteiger partial charge on any atom is -0.399 e. The lowest BCUT2D eigenvalue weighted by Gasteiger charge is -2.00. The summed E-state index contributed by atoms with van der Waals surface area (Å²) < 4.78 is 4.85. The highest BCUT2D eigenvalue weighted by molar-refractivity contribution is 7.95. The van der Waals surface area contributed by atoms with Gasteiger partial charge in [-0.25, -0.2) is 0 Å². The van der Waals surface area contributed by atoms with Crippen molar-refractivity contribution >= 4 is 23.7 Å². The Morgan fingerprint density at radius 2 is 2.08 bits per heavy atom. The molecule has 13 heavy (non-hydrogen) atoms. The molecule has 0 aromatic heterocycles. The van der Waals surface area contributed by atoms with E-state index in [1.807, 2.05) is 12.1 Å². The molecule has 0 saturated heterocycles. The molecule has 0 heterocycles. The maximum absolute atomic E-state index is 10.8. The van der Waals surface area contributed by atoms with Gasteiger partial charge in [-0.3, -0.25) is 4.79 Å². The number of carbonyl (C=O) groups is 1. The van der Waals surface area contributed by atoms with Crippen LogP contribution in [0.1, 0.15) is 13.3 Å². The second-order valence-electron chi connectivity index (χ2n) is 2.46. The fraction of sp³-hybridized carbons (Fsp3) is 0.222. The molecule has 0 aliphatic carbocycles. The number of hydrogen-bond acceptors (Lipinski definition) is 4. The summed E-state index contributed by atoms with van der Waals surface area (Å²) in [4.78, 5) is 11.7. The van der Waals surface area contributed by atoms with Crippen LogP contribution in [0.4, 0.5) is 5.69 Å². The first-order valence-electron chi connectivity index (χ1n) is 3.95. The van der Waals surface area contributed by atoms with Crippen molar-refractivity contribution in [2.24, 2.45) is 0 Å². The van der Waals surface area contributed by atoms with Gasteiger partial charge in [0.05, 0.1) is 12.0 Å². The first-order chi connectivity index (χ1) is 6.22. The van der Waals surface area contributed by atoms with E-state index in [0.29, 0.717) is 12.1 Å². The van der Waals surface area contributed by atoms with E-state index in [0.717, 1.165) is 16.9 Å². The summed E-state index contributed by atoms with van der Waals surface area (Å²) in [6, 6.07) is 7.15. The van der Waals surface area contributed by atoms with Gasteiger partial charge in [-0.1, -0.05) is 6.92 Å². The predicted octanol–water partition coefficient (Wildman–Crippen LogP) is 2.23. The Morgan fingerprint density at radius 1 is 1.46 bits per heavy atom. The Labute approximate surface area is 81.5 Å².